The van der Waals surface area contributed by atoms with Crippen molar-refractivity contribution in [2.24, 2.45) is 5.92 Å². The Kier molecular flexibility index (Phi) is 5.62. The topological polar surface area (TPSA) is 58.4 Å². The van der Waals surface area contributed by atoms with Crippen molar-refractivity contribution in [2.45, 2.75) is 39.2 Å². The quantitative estimate of drug-likeness (QED) is 0.788. The molecule has 1 aliphatic rings. The summed E-state index contributed by atoms with van der Waals surface area (Å²) in [5.74, 6) is 0.722. The summed E-state index contributed by atoms with van der Waals surface area (Å²) in [7, 11) is 0. The zero-order valence-electron chi connectivity index (χ0n) is 13.1. The Morgan fingerprint density at radius 1 is 1.43 bits per heavy atom. The van der Waals surface area contributed by atoms with E-state index >= 15 is 0 Å². The molecule has 1 fully saturated rings. The van der Waals surface area contributed by atoms with E-state index in [1.54, 1.807) is 0 Å². The SMILES string of the molecule is CC(C)N1CCC(CNC(=O)CCc2ccccc2N)C1. The smallest absolute Gasteiger partial charge is 0.220 e. The van der Waals surface area contributed by atoms with E-state index in [0.29, 0.717) is 24.8 Å². The zero-order valence-corrected chi connectivity index (χ0v) is 13.1. The number of carbonyl (C=O) groups is 1. The Balaban J connectivity index is 1.68. The molecule has 2 rings (SSSR count). The number of rotatable bonds is 6. The van der Waals surface area contributed by atoms with Crippen LogP contribution < -0.4 is 11.1 Å². The fourth-order valence-electron chi connectivity index (χ4n) is 2.85. The van der Waals surface area contributed by atoms with Crippen LogP contribution in [0.3, 0.4) is 0 Å². The number of nitrogens with one attached hydrogen (secondary N) is 1. The summed E-state index contributed by atoms with van der Waals surface area (Å²) >= 11 is 0. The normalized spacial score (nSPS) is 19.1. The molecule has 1 saturated heterocycles. The van der Waals surface area contributed by atoms with Gasteiger partial charge in [-0.2, -0.15) is 0 Å². The lowest BCUT2D eigenvalue weighted by molar-refractivity contribution is -0.121. The maximum atomic E-state index is 11.9. The number of carbonyl (C=O) groups excluding carboxylic acids is 1. The lowest BCUT2D eigenvalue weighted by atomic mass is 10.1. The molecule has 1 atom stereocenters. The average molecular weight is 289 g/mol. The van der Waals surface area contributed by atoms with Crippen LogP contribution in [0, 0.1) is 5.92 Å². The van der Waals surface area contributed by atoms with Gasteiger partial charge >= 0.3 is 0 Å². The molecule has 1 aromatic carbocycles. The van der Waals surface area contributed by atoms with E-state index in [1.165, 1.54) is 6.42 Å². The molecule has 1 heterocycles. The highest BCUT2D eigenvalue weighted by Crippen LogP contribution is 2.17. The molecule has 1 aromatic rings. The van der Waals surface area contributed by atoms with Crippen molar-refractivity contribution in [1.29, 1.82) is 0 Å². The monoisotopic (exact) mass is 289 g/mol. The number of nitrogen functional groups attached to an aromatic ring is 1. The average Bonchev–Trinajstić information content (AvgIpc) is 2.93. The number of nitrogens with zero attached hydrogens (tertiary/aromatic N) is 1. The van der Waals surface area contributed by atoms with Crippen molar-refractivity contribution in [1.82, 2.24) is 10.2 Å². The zero-order chi connectivity index (χ0) is 15.2. The van der Waals surface area contributed by atoms with Crippen LogP contribution in [0.1, 0.15) is 32.3 Å². The van der Waals surface area contributed by atoms with Crippen molar-refractivity contribution in [3.63, 3.8) is 0 Å². The van der Waals surface area contributed by atoms with Gasteiger partial charge in [0.25, 0.3) is 0 Å². The fraction of sp³-hybridized carbons (Fsp3) is 0.588. The largest absolute Gasteiger partial charge is 0.399 e. The third-order valence-electron chi connectivity index (χ3n) is 4.31. The van der Waals surface area contributed by atoms with Gasteiger partial charge in [0.15, 0.2) is 0 Å². The minimum absolute atomic E-state index is 0.126. The van der Waals surface area contributed by atoms with Crippen LogP contribution in [0.15, 0.2) is 24.3 Å². The molecule has 4 nitrogen and oxygen atoms in total. The van der Waals surface area contributed by atoms with Crippen LogP contribution in [-0.2, 0) is 11.2 Å². The fourth-order valence-corrected chi connectivity index (χ4v) is 2.85. The number of benzene rings is 1. The van der Waals surface area contributed by atoms with Crippen molar-refractivity contribution in [2.75, 3.05) is 25.4 Å². The van der Waals surface area contributed by atoms with Crippen LogP contribution in [0.25, 0.3) is 0 Å². The first-order valence-corrected chi connectivity index (χ1v) is 7.90. The maximum absolute atomic E-state index is 11.9. The van der Waals surface area contributed by atoms with Crippen LogP contribution in [0.4, 0.5) is 5.69 Å². The Morgan fingerprint density at radius 2 is 2.19 bits per heavy atom. The number of hydrogen-bond acceptors (Lipinski definition) is 3. The van der Waals surface area contributed by atoms with Gasteiger partial charge in [-0.3, -0.25) is 4.79 Å². The molecule has 116 valence electrons. The van der Waals surface area contributed by atoms with Crippen LogP contribution in [0.2, 0.25) is 0 Å². The Bertz CT molecular complexity index is 473. The van der Waals surface area contributed by atoms with E-state index in [2.05, 4.69) is 24.1 Å². The predicted octanol–water partition coefficient (Wildman–Crippen LogP) is 2.05. The molecular weight excluding hydrogens is 262 g/mol. The van der Waals surface area contributed by atoms with E-state index in [0.717, 1.165) is 30.9 Å². The van der Waals surface area contributed by atoms with Gasteiger partial charge in [0, 0.05) is 31.2 Å². The van der Waals surface area contributed by atoms with Crippen molar-refractivity contribution >= 4 is 11.6 Å². The third kappa shape index (κ3) is 4.74. The van der Waals surface area contributed by atoms with Gasteiger partial charge in [0.05, 0.1) is 0 Å². The van der Waals surface area contributed by atoms with Gasteiger partial charge in [0.1, 0.15) is 0 Å². The van der Waals surface area contributed by atoms with Crippen LogP contribution in [-0.4, -0.2) is 36.5 Å². The Labute approximate surface area is 127 Å². The van der Waals surface area contributed by atoms with Crippen LogP contribution >= 0.6 is 0 Å². The highest BCUT2D eigenvalue weighted by molar-refractivity contribution is 5.76. The second-order valence-corrected chi connectivity index (χ2v) is 6.25. The lowest BCUT2D eigenvalue weighted by Crippen LogP contribution is -2.33. The summed E-state index contributed by atoms with van der Waals surface area (Å²) in [6.45, 7) is 7.51. The summed E-state index contributed by atoms with van der Waals surface area (Å²) in [6, 6.07) is 8.35. The van der Waals surface area contributed by atoms with E-state index < -0.39 is 0 Å². The van der Waals surface area contributed by atoms with E-state index in [4.69, 9.17) is 5.73 Å². The van der Waals surface area contributed by atoms with E-state index in [9.17, 15) is 4.79 Å². The lowest BCUT2D eigenvalue weighted by Gasteiger charge is -2.20. The van der Waals surface area contributed by atoms with E-state index in [-0.39, 0.29) is 5.91 Å². The van der Waals surface area contributed by atoms with Crippen molar-refractivity contribution < 1.29 is 4.79 Å². The third-order valence-corrected chi connectivity index (χ3v) is 4.31. The molecule has 0 radical (unpaired) electrons. The molecular formula is C17H27N3O. The Hall–Kier alpha value is -1.55. The summed E-state index contributed by atoms with van der Waals surface area (Å²) in [5, 5.41) is 3.07. The van der Waals surface area contributed by atoms with Gasteiger partial charge in [0.2, 0.25) is 5.91 Å². The second kappa shape index (κ2) is 7.46. The number of amides is 1. The maximum Gasteiger partial charge on any atom is 0.220 e. The molecule has 1 unspecified atom stereocenters. The molecule has 3 N–H and O–H groups in total. The highest BCUT2D eigenvalue weighted by Gasteiger charge is 2.24. The standard InChI is InChI=1S/C17H27N3O/c1-13(2)20-10-9-14(12-20)11-19-17(21)8-7-15-5-3-4-6-16(15)18/h3-6,13-14H,7-12,18H2,1-2H3,(H,19,21). The molecule has 4 heteroatoms. The number of anilines is 1. The van der Waals surface area contributed by atoms with Gasteiger partial charge < -0.3 is 16.0 Å². The molecule has 0 aromatic heterocycles. The van der Waals surface area contributed by atoms with Gasteiger partial charge in [-0.25, -0.2) is 0 Å². The first-order valence-electron chi connectivity index (χ1n) is 7.90. The second-order valence-electron chi connectivity index (χ2n) is 6.25. The molecule has 0 bridgehead atoms. The minimum atomic E-state index is 0.126. The summed E-state index contributed by atoms with van der Waals surface area (Å²) in [5.41, 5.74) is 7.71. The van der Waals surface area contributed by atoms with Gasteiger partial charge in [-0.15, -0.1) is 0 Å². The van der Waals surface area contributed by atoms with Gasteiger partial charge in [-0.1, -0.05) is 18.2 Å². The van der Waals surface area contributed by atoms with Crippen LogP contribution in [0.5, 0.6) is 0 Å². The molecule has 21 heavy (non-hydrogen) atoms. The number of para-hydroxylation sites is 1. The first kappa shape index (κ1) is 15.8. The molecule has 1 amide bonds. The van der Waals surface area contributed by atoms with E-state index in [1.807, 2.05) is 24.3 Å². The number of likely N-dealkylation sites (tertiary alicyclic amines) is 1. The summed E-state index contributed by atoms with van der Waals surface area (Å²) < 4.78 is 0. The number of nitrogens with two attached hydrogens (primary N) is 1. The molecule has 0 saturated carbocycles. The van der Waals surface area contributed by atoms with Crippen molar-refractivity contribution in [3.8, 4) is 0 Å². The van der Waals surface area contributed by atoms with Crippen molar-refractivity contribution in [3.05, 3.63) is 29.8 Å². The number of aryl methyl sites for hydroxylation is 1. The molecule has 0 aliphatic carbocycles. The van der Waals surface area contributed by atoms with Gasteiger partial charge in [-0.05, 0) is 50.8 Å². The molecule has 0 spiro atoms. The number of hydrogen-bond donors (Lipinski definition) is 2. The summed E-state index contributed by atoms with van der Waals surface area (Å²) in [4.78, 5) is 14.4. The minimum Gasteiger partial charge on any atom is -0.399 e. The first-order chi connectivity index (χ1) is 10.1. The predicted molar refractivity (Wildman–Crippen MR) is 87.0 cm³/mol. The highest BCUT2D eigenvalue weighted by atomic mass is 16.1. The summed E-state index contributed by atoms with van der Waals surface area (Å²) in [6.07, 6.45) is 2.40. The molecule has 1 aliphatic heterocycles. The Morgan fingerprint density at radius 3 is 2.86 bits per heavy atom.